The number of anilines is 1. The van der Waals surface area contributed by atoms with E-state index in [0.29, 0.717) is 30.0 Å². The number of aromatic hydroxyl groups is 1. The minimum Gasteiger partial charge on any atom is -0.508 e. The topological polar surface area (TPSA) is 160 Å². The largest absolute Gasteiger partial charge is 0.508 e. The average Bonchev–Trinajstić information content (AvgIpc) is 2.90. The normalized spacial score (nSPS) is 11.7. The van der Waals surface area contributed by atoms with Crippen LogP contribution < -0.4 is 16.0 Å². The van der Waals surface area contributed by atoms with Crippen LogP contribution in [0.15, 0.2) is 42.5 Å². The van der Waals surface area contributed by atoms with E-state index in [4.69, 9.17) is 9.84 Å². The van der Waals surface area contributed by atoms with E-state index >= 15 is 0 Å². The van der Waals surface area contributed by atoms with Crippen molar-refractivity contribution in [3.63, 3.8) is 0 Å². The molecule has 1 atom stereocenters. The van der Waals surface area contributed by atoms with Gasteiger partial charge >= 0.3 is 12.0 Å². The van der Waals surface area contributed by atoms with Crippen LogP contribution in [-0.2, 0) is 22.6 Å². The lowest BCUT2D eigenvalue weighted by Crippen LogP contribution is -2.33. The number of aliphatic hydroxyl groups is 2. The summed E-state index contributed by atoms with van der Waals surface area (Å²) in [6.07, 6.45) is 6.29. The van der Waals surface area contributed by atoms with Gasteiger partial charge in [-0.3, -0.25) is 4.79 Å². The van der Waals surface area contributed by atoms with Crippen molar-refractivity contribution in [2.75, 3.05) is 38.2 Å². The third-order valence-electron chi connectivity index (χ3n) is 5.98. The minimum atomic E-state index is -1.09. The molecule has 0 aliphatic heterocycles. The molecular weight excluding hydrogens is 490 g/mol. The Morgan fingerprint density at radius 3 is 2.47 bits per heavy atom. The Kier molecular flexibility index (Phi) is 14.8. The van der Waals surface area contributed by atoms with Gasteiger partial charge in [0.05, 0.1) is 12.7 Å². The van der Waals surface area contributed by atoms with Crippen LogP contribution in [0.5, 0.6) is 5.75 Å². The fourth-order valence-electron chi connectivity index (χ4n) is 3.87. The molecule has 0 bridgehead atoms. The van der Waals surface area contributed by atoms with E-state index in [2.05, 4.69) is 16.0 Å². The predicted octanol–water partition coefficient (Wildman–Crippen LogP) is 3.31. The molecule has 0 spiro atoms. The molecule has 0 unspecified atom stereocenters. The first-order chi connectivity index (χ1) is 18.4. The van der Waals surface area contributed by atoms with E-state index in [1.165, 1.54) is 6.07 Å². The summed E-state index contributed by atoms with van der Waals surface area (Å²) in [7, 11) is 0. The van der Waals surface area contributed by atoms with Gasteiger partial charge in [-0.2, -0.15) is 0 Å². The van der Waals surface area contributed by atoms with Crippen LogP contribution in [0.4, 0.5) is 10.5 Å². The number of aliphatic carboxylic acids is 1. The first-order valence-corrected chi connectivity index (χ1v) is 13.1. The predicted molar refractivity (Wildman–Crippen MR) is 145 cm³/mol. The van der Waals surface area contributed by atoms with Gasteiger partial charge in [0.2, 0.25) is 0 Å². The molecule has 0 aromatic heterocycles. The maximum absolute atomic E-state index is 11.7. The van der Waals surface area contributed by atoms with Gasteiger partial charge in [-0.1, -0.05) is 31.0 Å². The Balaban J connectivity index is 1.43. The Morgan fingerprint density at radius 2 is 1.71 bits per heavy atom. The van der Waals surface area contributed by atoms with Crippen molar-refractivity contribution in [2.24, 2.45) is 0 Å². The fourth-order valence-corrected chi connectivity index (χ4v) is 3.87. The second-order valence-electron chi connectivity index (χ2n) is 9.15. The third-order valence-corrected chi connectivity index (χ3v) is 5.98. The molecule has 0 heterocycles. The Morgan fingerprint density at radius 1 is 0.947 bits per heavy atom. The number of unbranched alkanes of at least 4 members (excludes halogenated alkanes) is 4. The van der Waals surface area contributed by atoms with Gasteiger partial charge < -0.3 is 41.1 Å². The van der Waals surface area contributed by atoms with Crippen molar-refractivity contribution in [3.8, 4) is 5.75 Å². The maximum atomic E-state index is 11.7. The average molecular weight is 532 g/mol. The molecule has 0 saturated carbocycles. The number of hydrogen-bond donors (Lipinski definition) is 7. The molecule has 2 amide bonds. The van der Waals surface area contributed by atoms with E-state index in [1.807, 2.05) is 18.2 Å². The van der Waals surface area contributed by atoms with Gasteiger partial charge in [0.1, 0.15) is 12.3 Å². The number of carboxylic acid groups (broad SMARTS) is 1. The lowest BCUT2D eigenvalue weighted by Gasteiger charge is -2.14. The van der Waals surface area contributed by atoms with Crippen LogP contribution in [0.3, 0.4) is 0 Å². The summed E-state index contributed by atoms with van der Waals surface area (Å²) >= 11 is 0. The van der Waals surface area contributed by atoms with E-state index in [9.17, 15) is 24.9 Å². The van der Waals surface area contributed by atoms with Gasteiger partial charge in [0.15, 0.2) is 0 Å². The molecule has 38 heavy (non-hydrogen) atoms. The van der Waals surface area contributed by atoms with Crippen LogP contribution in [0.1, 0.15) is 61.3 Å². The highest BCUT2D eigenvalue weighted by Gasteiger charge is 2.10. The lowest BCUT2D eigenvalue weighted by atomic mass is 10.1. The number of carboxylic acids is 1. The lowest BCUT2D eigenvalue weighted by molar-refractivity contribution is -0.135. The smallest absolute Gasteiger partial charge is 0.323 e. The molecule has 0 radical (unpaired) electrons. The number of hydrogen-bond acceptors (Lipinski definition) is 7. The van der Waals surface area contributed by atoms with Crippen molar-refractivity contribution in [3.05, 3.63) is 59.2 Å². The SMILES string of the molecule is O=C(O)CNC(=O)Nc1cccc(CCCCOCCCCCCNC[C@H](O)c2ccc(O)c(CO)c2)c1. The molecule has 10 nitrogen and oxygen atoms in total. The Hall–Kier alpha value is -3.18. The van der Waals surface area contributed by atoms with E-state index in [1.54, 1.807) is 18.2 Å². The zero-order chi connectivity index (χ0) is 27.6. The van der Waals surface area contributed by atoms with Gasteiger partial charge in [-0.25, -0.2) is 4.79 Å². The number of urea groups is 1. The van der Waals surface area contributed by atoms with Crippen LogP contribution >= 0.6 is 0 Å². The number of aryl methyl sites for hydroxylation is 1. The number of rotatable bonds is 19. The zero-order valence-corrected chi connectivity index (χ0v) is 21.8. The van der Waals surface area contributed by atoms with Gasteiger partial charge in [0, 0.05) is 31.0 Å². The molecular formula is C28H41N3O7. The molecule has 210 valence electrons. The van der Waals surface area contributed by atoms with Crippen molar-refractivity contribution in [1.29, 1.82) is 0 Å². The van der Waals surface area contributed by atoms with Gasteiger partial charge in [-0.15, -0.1) is 0 Å². The van der Waals surface area contributed by atoms with E-state index < -0.39 is 24.6 Å². The van der Waals surface area contributed by atoms with Gasteiger partial charge in [0.25, 0.3) is 0 Å². The van der Waals surface area contributed by atoms with E-state index in [-0.39, 0.29) is 12.4 Å². The first-order valence-electron chi connectivity index (χ1n) is 13.1. The highest BCUT2D eigenvalue weighted by molar-refractivity contribution is 5.91. The summed E-state index contributed by atoms with van der Waals surface area (Å²) in [5.41, 5.74) is 2.80. The molecule has 2 aromatic rings. The zero-order valence-electron chi connectivity index (χ0n) is 21.8. The number of carbonyl (C=O) groups is 2. The molecule has 0 saturated heterocycles. The molecule has 2 aromatic carbocycles. The Bertz CT molecular complexity index is 987. The summed E-state index contributed by atoms with van der Waals surface area (Å²) in [6, 6.07) is 11.7. The van der Waals surface area contributed by atoms with Crippen molar-refractivity contribution in [2.45, 2.75) is 57.7 Å². The Labute approximate surface area is 224 Å². The number of phenols is 1. The molecule has 0 aliphatic rings. The molecule has 2 rings (SSSR count). The summed E-state index contributed by atoms with van der Waals surface area (Å²) in [6.45, 7) is 1.99. The quantitative estimate of drug-likeness (QED) is 0.136. The van der Waals surface area contributed by atoms with Crippen molar-refractivity contribution >= 4 is 17.7 Å². The molecule has 10 heteroatoms. The first kappa shape index (κ1) is 31.0. The number of amides is 2. The molecule has 7 N–H and O–H groups in total. The van der Waals surface area contributed by atoms with Crippen LogP contribution in [0, 0.1) is 0 Å². The summed E-state index contributed by atoms with van der Waals surface area (Å²) in [5.74, 6) is -1.07. The van der Waals surface area contributed by atoms with Gasteiger partial charge in [-0.05, 0) is 74.0 Å². The maximum Gasteiger partial charge on any atom is 0.323 e. The second kappa shape index (κ2) is 18.1. The standard InChI is InChI=1S/C28H41N3O7/c32-20-23-17-22(11-12-25(23)33)26(34)18-29-13-4-1-2-5-14-38-15-6-3-8-21-9-7-10-24(16-21)31-28(37)30-19-27(35)36/h7,9-12,16-17,26,29,32-34H,1-6,8,13-15,18-20H2,(H,35,36)(H2,30,31,37)/t26-/m0/s1. The highest BCUT2D eigenvalue weighted by Crippen LogP contribution is 2.22. The van der Waals surface area contributed by atoms with Crippen molar-refractivity contribution < 1.29 is 34.8 Å². The number of nitrogens with one attached hydrogen (secondary N) is 3. The number of aliphatic hydroxyl groups excluding tert-OH is 2. The summed E-state index contributed by atoms with van der Waals surface area (Å²) in [5, 5.41) is 45.8. The number of ether oxygens (including phenoxy) is 1. The molecule has 0 aliphatic carbocycles. The minimum absolute atomic E-state index is 0.0286. The van der Waals surface area contributed by atoms with E-state index in [0.717, 1.165) is 63.7 Å². The van der Waals surface area contributed by atoms with Crippen LogP contribution in [0.25, 0.3) is 0 Å². The number of carbonyl (C=O) groups excluding carboxylic acids is 1. The van der Waals surface area contributed by atoms with Crippen molar-refractivity contribution in [1.82, 2.24) is 10.6 Å². The third kappa shape index (κ3) is 12.9. The van der Waals surface area contributed by atoms with Crippen LogP contribution in [-0.4, -0.2) is 65.3 Å². The fraction of sp³-hybridized carbons (Fsp3) is 0.500. The monoisotopic (exact) mass is 531 g/mol. The molecule has 0 fully saturated rings. The number of benzene rings is 2. The second-order valence-corrected chi connectivity index (χ2v) is 9.15. The summed E-state index contributed by atoms with van der Waals surface area (Å²) in [4.78, 5) is 22.2. The highest BCUT2D eigenvalue weighted by atomic mass is 16.5. The summed E-state index contributed by atoms with van der Waals surface area (Å²) < 4.78 is 5.73. The van der Waals surface area contributed by atoms with Crippen LogP contribution in [0.2, 0.25) is 0 Å².